The maximum absolute atomic E-state index is 5.05. The third-order valence-corrected chi connectivity index (χ3v) is 6.25. The quantitative estimate of drug-likeness (QED) is 0.531. The Morgan fingerprint density at radius 3 is 2.37 bits per heavy atom. The predicted octanol–water partition coefficient (Wildman–Crippen LogP) is 4.60. The van der Waals surface area contributed by atoms with Crippen LogP contribution in [0.2, 0.25) is 5.54 Å². The van der Waals surface area contributed by atoms with E-state index in [2.05, 4.69) is 65.0 Å². The van der Waals surface area contributed by atoms with Crippen molar-refractivity contribution in [3.8, 4) is 0 Å². The van der Waals surface area contributed by atoms with Crippen molar-refractivity contribution >= 4 is 15.4 Å². The zero-order chi connectivity index (χ0) is 14.3. The molecule has 0 amide bonds. The summed E-state index contributed by atoms with van der Waals surface area (Å²) in [4.78, 5) is 0. The zero-order valence-electron chi connectivity index (χ0n) is 13.2. The number of nitrogens with zero attached hydrogens (tertiary/aromatic N) is 1. The molecule has 1 aromatic carbocycles. The van der Waals surface area contributed by atoms with Crippen LogP contribution in [0.1, 0.15) is 59.4 Å². The van der Waals surface area contributed by atoms with E-state index in [-0.39, 0.29) is 0 Å². The molecule has 0 saturated carbocycles. The van der Waals surface area contributed by atoms with E-state index < -0.39 is 9.68 Å². The monoisotopic (exact) mass is 275 g/mol. The fourth-order valence-electron chi connectivity index (χ4n) is 1.81. The van der Waals surface area contributed by atoms with E-state index in [9.17, 15) is 0 Å². The van der Waals surface area contributed by atoms with Crippen molar-refractivity contribution in [2.45, 2.75) is 59.4 Å². The topological polar surface area (TPSA) is 12.4 Å². The maximum atomic E-state index is 5.05. The standard InChI is InChI=1S/C17H29NSi/c1-6-7-13-16(15-11-9-8-10-12-15)18-19-14(2)17(3,4)5/h8-12,14H,6-7,13,19H2,1-5H3. The summed E-state index contributed by atoms with van der Waals surface area (Å²) in [6.07, 6.45) is 3.61. The lowest BCUT2D eigenvalue weighted by Crippen LogP contribution is -2.18. The fraction of sp³-hybridized carbons (Fsp3) is 0.588. The van der Waals surface area contributed by atoms with Gasteiger partial charge in [0.1, 0.15) is 0 Å². The van der Waals surface area contributed by atoms with E-state index in [0.717, 1.165) is 12.0 Å². The number of hydrogen-bond donors (Lipinski definition) is 0. The van der Waals surface area contributed by atoms with Gasteiger partial charge >= 0.3 is 0 Å². The summed E-state index contributed by atoms with van der Waals surface area (Å²) in [7, 11) is -0.400. The van der Waals surface area contributed by atoms with Gasteiger partial charge in [-0.2, -0.15) is 0 Å². The molecule has 0 saturated heterocycles. The molecule has 1 aromatic rings. The molecule has 1 unspecified atom stereocenters. The number of hydrogen-bond acceptors (Lipinski definition) is 1. The zero-order valence-corrected chi connectivity index (χ0v) is 14.7. The summed E-state index contributed by atoms with van der Waals surface area (Å²) < 4.78 is 5.05. The molecule has 0 aliphatic carbocycles. The smallest absolute Gasteiger partial charge is 0.154 e. The van der Waals surface area contributed by atoms with E-state index in [4.69, 9.17) is 4.66 Å². The Bertz CT molecular complexity index is 389. The first-order valence-electron chi connectivity index (χ1n) is 7.54. The Hall–Kier alpha value is -0.893. The SMILES string of the molecule is CCCCC(=N[SiH2]C(C)C(C)(C)C)c1ccccc1. The molecule has 0 bridgehead atoms. The van der Waals surface area contributed by atoms with Gasteiger partial charge in [-0.15, -0.1) is 0 Å². The van der Waals surface area contributed by atoms with Gasteiger partial charge in [0.05, 0.1) is 0 Å². The Labute approximate surface area is 121 Å². The third-order valence-electron chi connectivity index (χ3n) is 3.91. The first-order chi connectivity index (χ1) is 8.95. The highest BCUT2D eigenvalue weighted by molar-refractivity contribution is 6.39. The Kier molecular flexibility index (Phi) is 6.50. The molecule has 0 N–H and O–H groups in total. The second-order valence-corrected chi connectivity index (χ2v) is 8.43. The van der Waals surface area contributed by atoms with Crippen LogP contribution in [0.25, 0.3) is 0 Å². The van der Waals surface area contributed by atoms with Crippen molar-refractivity contribution in [1.29, 1.82) is 0 Å². The van der Waals surface area contributed by atoms with Gasteiger partial charge in [-0.3, -0.25) is 0 Å². The first-order valence-corrected chi connectivity index (χ1v) is 8.98. The van der Waals surface area contributed by atoms with Gasteiger partial charge < -0.3 is 4.66 Å². The normalized spacial score (nSPS) is 15.1. The van der Waals surface area contributed by atoms with Gasteiger partial charge in [0.25, 0.3) is 0 Å². The average molecular weight is 276 g/mol. The maximum Gasteiger partial charge on any atom is 0.154 e. The van der Waals surface area contributed by atoms with Crippen LogP contribution in [-0.2, 0) is 0 Å². The fourth-order valence-corrected chi connectivity index (χ4v) is 3.19. The Morgan fingerprint density at radius 1 is 1.21 bits per heavy atom. The van der Waals surface area contributed by atoms with E-state index >= 15 is 0 Å². The van der Waals surface area contributed by atoms with Gasteiger partial charge in [0, 0.05) is 5.71 Å². The van der Waals surface area contributed by atoms with Crippen LogP contribution in [0.3, 0.4) is 0 Å². The molecule has 1 nitrogen and oxygen atoms in total. The van der Waals surface area contributed by atoms with Crippen molar-refractivity contribution in [2.75, 3.05) is 0 Å². The molecule has 2 heteroatoms. The average Bonchev–Trinajstić information content (AvgIpc) is 2.38. The first kappa shape index (κ1) is 16.2. The summed E-state index contributed by atoms with van der Waals surface area (Å²) in [6, 6.07) is 10.7. The Balaban J connectivity index is 2.80. The summed E-state index contributed by atoms with van der Waals surface area (Å²) >= 11 is 0. The van der Waals surface area contributed by atoms with Gasteiger partial charge in [-0.1, -0.05) is 71.4 Å². The van der Waals surface area contributed by atoms with Crippen LogP contribution >= 0.6 is 0 Å². The minimum absolute atomic E-state index is 0.391. The van der Waals surface area contributed by atoms with Crippen LogP contribution in [0, 0.1) is 5.41 Å². The molecule has 0 aliphatic heterocycles. The summed E-state index contributed by atoms with van der Waals surface area (Å²) in [6.45, 7) is 11.6. The second kappa shape index (κ2) is 7.64. The highest BCUT2D eigenvalue weighted by atomic mass is 28.2. The third kappa shape index (κ3) is 5.73. The molecule has 19 heavy (non-hydrogen) atoms. The second-order valence-electron chi connectivity index (χ2n) is 6.52. The molecular formula is C17H29NSi. The highest BCUT2D eigenvalue weighted by Gasteiger charge is 2.20. The lowest BCUT2D eigenvalue weighted by atomic mass is 9.93. The molecule has 0 heterocycles. The van der Waals surface area contributed by atoms with Crippen LogP contribution in [-0.4, -0.2) is 15.4 Å². The molecule has 106 valence electrons. The molecule has 0 fully saturated rings. The molecule has 1 rings (SSSR count). The van der Waals surface area contributed by atoms with Crippen molar-refractivity contribution in [3.63, 3.8) is 0 Å². The lowest BCUT2D eigenvalue weighted by Gasteiger charge is -2.25. The van der Waals surface area contributed by atoms with Crippen molar-refractivity contribution in [3.05, 3.63) is 35.9 Å². The number of unbranched alkanes of at least 4 members (excludes halogenated alkanes) is 1. The largest absolute Gasteiger partial charge is 0.332 e. The molecule has 0 radical (unpaired) electrons. The number of benzene rings is 1. The van der Waals surface area contributed by atoms with E-state index in [1.807, 2.05) is 0 Å². The van der Waals surface area contributed by atoms with Crippen molar-refractivity contribution < 1.29 is 0 Å². The van der Waals surface area contributed by atoms with Crippen LogP contribution < -0.4 is 0 Å². The predicted molar refractivity (Wildman–Crippen MR) is 89.9 cm³/mol. The van der Waals surface area contributed by atoms with Gasteiger partial charge in [-0.05, 0) is 29.4 Å². The van der Waals surface area contributed by atoms with E-state index in [0.29, 0.717) is 5.41 Å². The number of rotatable bonds is 6. The molecule has 0 aliphatic rings. The van der Waals surface area contributed by atoms with Gasteiger partial charge in [-0.25, -0.2) is 0 Å². The van der Waals surface area contributed by atoms with Gasteiger partial charge in [0.15, 0.2) is 9.68 Å². The van der Waals surface area contributed by atoms with Crippen molar-refractivity contribution in [2.24, 2.45) is 10.1 Å². The summed E-state index contributed by atoms with van der Waals surface area (Å²) in [5.41, 5.74) is 3.80. The summed E-state index contributed by atoms with van der Waals surface area (Å²) in [5.74, 6) is 0. The van der Waals surface area contributed by atoms with Crippen LogP contribution in [0.4, 0.5) is 0 Å². The van der Waals surface area contributed by atoms with Crippen molar-refractivity contribution in [1.82, 2.24) is 0 Å². The molecule has 0 spiro atoms. The van der Waals surface area contributed by atoms with Crippen LogP contribution in [0.15, 0.2) is 35.0 Å². The minimum atomic E-state index is -0.400. The molecule has 0 aromatic heterocycles. The molecule has 1 atom stereocenters. The highest BCUT2D eigenvalue weighted by Crippen LogP contribution is 2.29. The summed E-state index contributed by atoms with van der Waals surface area (Å²) in [5, 5.41) is 0. The Morgan fingerprint density at radius 2 is 1.84 bits per heavy atom. The lowest BCUT2D eigenvalue weighted by molar-refractivity contribution is 0.395. The molecular weight excluding hydrogens is 246 g/mol. The van der Waals surface area contributed by atoms with E-state index in [1.54, 1.807) is 0 Å². The van der Waals surface area contributed by atoms with Crippen LogP contribution in [0.5, 0.6) is 0 Å². The minimum Gasteiger partial charge on any atom is -0.332 e. The van der Waals surface area contributed by atoms with Gasteiger partial charge in [0.2, 0.25) is 0 Å². The van der Waals surface area contributed by atoms with E-state index in [1.165, 1.54) is 24.1 Å².